The standard InChI is InChI=1S/C15H23N3O2.ClH/c1-10-8-12(14(20)18(3)9-10)17-13(19)11-6-4-5-7-15(11,2)16;/h8-9,11H,4-7,16H2,1-3H3,(H,17,19);1H. The summed E-state index contributed by atoms with van der Waals surface area (Å²) in [4.78, 5) is 24.4. The molecule has 3 N–H and O–H groups in total. The minimum absolute atomic E-state index is 0. The van der Waals surface area contributed by atoms with Crippen LogP contribution in [0.3, 0.4) is 0 Å². The Morgan fingerprint density at radius 2 is 2.14 bits per heavy atom. The van der Waals surface area contributed by atoms with E-state index in [0.29, 0.717) is 5.69 Å². The van der Waals surface area contributed by atoms with Gasteiger partial charge in [0.05, 0.1) is 5.92 Å². The zero-order valence-electron chi connectivity index (χ0n) is 12.8. The highest BCUT2D eigenvalue weighted by Crippen LogP contribution is 2.32. The van der Waals surface area contributed by atoms with E-state index in [1.165, 1.54) is 4.57 Å². The number of aromatic nitrogens is 1. The van der Waals surface area contributed by atoms with E-state index in [1.54, 1.807) is 19.3 Å². The SMILES string of the molecule is Cc1cc(NC(=O)C2CCCCC2(C)N)c(=O)n(C)c1.Cl. The highest BCUT2D eigenvalue weighted by molar-refractivity contribution is 5.93. The highest BCUT2D eigenvalue weighted by Gasteiger charge is 2.37. The molecule has 2 unspecified atom stereocenters. The first-order valence-electron chi connectivity index (χ1n) is 7.08. The van der Waals surface area contributed by atoms with Gasteiger partial charge in [-0.25, -0.2) is 0 Å². The van der Waals surface area contributed by atoms with Crippen molar-refractivity contribution in [2.75, 3.05) is 5.32 Å². The molecule has 5 nitrogen and oxygen atoms in total. The van der Waals surface area contributed by atoms with Crippen molar-refractivity contribution in [1.29, 1.82) is 0 Å². The van der Waals surface area contributed by atoms with Crippen LogP contribution in [0.2, 0.25) is 0 Å². The minimum Gasteiger partial charge on any atom is -0.325 e. The molecule has 0 spiro atoms. The number of nitrogens with zero attached hydrogens (tertiary/aromatic N) is 1. The Bertz CT molecular complexity index is 581. The van der Waals surface area contributed by atoms with Gasteiger partial charge >= 0.3 is 0 Å². The Morgan fingerprint density at radius 3 is 2.76 bits per heavy atom. The Balaban J connectivity index is 0.00000220. The van der Waals surface area contributed by atoms with Gasteiger partial charge in [0, 0.05) is 18.8 Å². The molecule has 0 saturated heterocycles. The summed E-state index contributed by atoms with van der Waals surface area (Å²) in [6, 6.07) is 1.71. The summed E-state index contributed by atoms with van der Waals surface area (Å²) in [5.74, 6) is -0.376. The quantitative estimate of drug-likeness (QED) is 0.876. The molecule has 1 aliphatic carbocycles. The summed E-state index contributed by atoms with van der Waals surface area (Å²) in [7, 11) is 1.68. The van der Waals surface area contributed by atoms with E-state index in [1.807, 2.05) is 13.8 Å². The van der Waals surface area contributed by atoms with Crippen LogP contribution in [0, 0.1) is 12.8 Å². The molecule has 6 heteroatoms. The smallest absolute Gasteiger partial charge is 0.274 e. The number of aryl methyl sites for hydroxylation is 2. The highest BCUT2D eigenvalue weighted by atomic mass is 35.5. The average Bonchev–Trinajstić information content (AvgIpc) is 2.34. The minimum atomic E-state index is -0.489. The van der Waals surface area contributed by atoms with Crippen molar-refractivity contribution >= 4 is 24.0 Å². The van der Waals surface area contributed by atoms with Gasteiger partial charge in [-0.3, -0.25) is 9.59 Å². The fourth-order valence-electron chi connectivity index (χ4n) is 2.98. The van der Waals surface area contributed by atoms with E-state index >= 15 is 0 Å². The normalized spacial score (nSPS) is 25.0. The largest absolute Gasteiger partial charge is 0.325 e. The molecular weight excluding hydrogens is 290 g/mol. The molecule has 1 amide bonds. The van der Waals surface area contributed by atoms with Crippen molar-refractivity contribution in [3.63, 3.8) is 0 Å². The zero-order chi connectivity index (χ0) is 14.9. The van der Waals surface area contributed by atoms with Crippen LogP contribution in [-0.2, 0) is 11.8 Å². The van der Waals surface area contributed by atoms with Crippen LogP contribution in [0.1, 0.15) is 38.2 Å². The van der Waals surface area contributed by atoms with Crippen molar-refractivity contribution in [2.24, 2.45) is 18.7 Å². The lowest BCUT2D eigenvalue weighted by molar-refractivity contribution is -0.122. The lowest BCUT2D eigenvalue weighted by Crippen LogP contribution is -2.51. The van der Waals surface area contributed by atoms with E-state index in [4.69, 9.17) is 5.73 Å². The molecule has 1 heterocycles. The molecule has 1 aromatic rings. The van der Waals surface area contributed by atoms with Gasteiger partial charge in [0.2, 0.25) is 5.91 Å². The number of anilines is 1. The Morgan fingerprint density at radius 1 is 1.48 bits per heavy atom. The molecular formula is C15H24ClN3O2. The van der Waals surface area contributed by atoms with Gasteiger partial charge in [-0.1, -0.05) is 12.8 Å². The van der Waals surface area contributed by atoms with Crippen molar-refractivity contribution < 1.29 is 4.79 Å². The molecule has 1 aliphatic rings. The molecule has 0 aliphatic heterocycles. The van der Waals surface area contributed by atoms with Crippen LogP contribution in [0.25, 0.3) is 0 Å². The molecule has 0 aromatic carbocycles. The van der Waals surface area contributed by atoms with Gasteiger partial charge in [-0.2, -0.15) is 0 Å². The maximum Gasteiger partial charge on any atom is 0.274 e. The maximum absolute atomic E-state index is 12.4. The Kier molecular flexibility index (Phi) is 5.59. The first kappa shape index (κ1) is 17.7. The van der Waals surface area contributed by atoms with E-state index in [9.17, 15) is 9.59 Å². The van der Waals surface area contributed by atoms with Gasteiger partial charge in [-0.15, -0.1) is 12.4 Å². The summed E-state index contributed by atoms with van der Waals surface area (Å²) in [5, 5.41) is 2.76. The maximum atomic E-state index is 12.4. The van der Waals surface area contributed by atoms with Crippen molar-refractivity contribution in [1.82, 2.24) is 4.57 Å². The van der Waals surface area contributed by atoms with Gasteiger partial charge in [0.15, 0.2) is 0 Å². The van der Waals surface area contributed by atoms with Gasteiger partial charge < -0.3 is 15.6 Å². The number of hydrogen-bond acceptors (Lipinski definition) is 3. The van der Waals surface area contributed by atoms with Crippen LogP contribution in [0.5, 0.6) is 0 Å². The number of hydrogen-bond donors (Lipinski definition) is 2. The fraction of sp³-hybridized carbons (Fsp3) is 0.600. The van der Waals surface area contributed by atoms with E-state index in [0.717, 1.165) is 31.2 Å². The second kappa shape index (κ2) is 6.62. The number of halogens is 1. The third-order valence-corrected chi connectivity index (χ3v) is 4.15. The van der Waals surface area contributed by atoms with E-state index in [-0.39, 0.29) is 29.8 Å². The molecule has 21 heavy (non-hydrogen) atoms. The Labute approximate surface area is 131 Å². The molecule has 1 fully saturated rings. The number of carbonyl (C=O) groups is 1. The lowest BCUT2D eigenvalue weighted by atomic mass is 9.74. The van der Waals surface area contributed by atoms with Gasteiger partial charge in [-0.05, 0) is 38.3 Å². The summed E-state index contributed by atoms with van der Waals surface area (Å²) >= 11 is 0. The topological polar surface area (TPSA) is 77.1 Å². The number of amides is 1. The molecule has 0 bridgehead atoms. The first-order chi connectivity index (χ1) is 9.31. The zero-order valence-corrected chi connectivity index (χ0v) is 13.6. The summed E-state index contributed by atoms with van der Waals surface area (Å²) in [5.41, 5.74) is 6.81. The second-order valence-corrected chi connectivity index (χ2v) is 6.14. The number of pyridine rings is 1. The number of nitrogens with one attached hydrogen (secondary N) is 1. The molecule has 1 saturated carbocycles. The summed E-state index contributed by atoms with van der Waals surface area (Å²) in [6.07, 6.45) is 5.44. The molecule has 1 aromatic heterocycles. The molecule has 118 valence electrons. The lowest BCUT2D eigenvalue weighted by Gasteiger charge is -2.37. The molecule has 0 radical (unpaired) electrons. The molecule has 2 rings (SSSR count). The van der Waals surface area contributed by atoms with Crippen LogP contribution in [0.4, 0.5) is 5.69 Å². The fourth-order valence-corrected chi connectivity index (χ4v) is 2.98. The van der Waals surface area contributed by atoms with Crippen LogP contribution < -0.4 is 16.6 Å². The first-order valence-corrected chi connectivity index (χ1v) is 7.08. The predicted molar refractivity (Wildman–Crippen MR) is 86.8 cm³/mol. The number of nitrogens with two attached hydrogens (primary N) is 1. The van der Waals surface area contributed by atoms with Crippen molar-refractivity contribution in [2.45, 2.75) is 45.1 Å². The van der Waals surface area contributed by atoms with Crippen LogP contribution in [-0.4, -0.2) is 16.0 Å². The monoisotopic (exact) mass is 313 g/mol. The van der Waals surface area contributed by atoms with Gasteiger partial charge in [0.25, 0.3) is 5.56 Å². The van der Waals surface area contributed by atoms with E-state index < -0.39 is 5.54 Å². The van der Waals surface area contributed by atoms with Gasteiger partial charge in [0.1, 0.15) is 5.69 Å². The van der Waals surface area contributed by atoms with E-state index in [2.05, 4.69) is 5.32 Å². The summed E-state index contributed by atoms with van der Waals surface area (Å²) < 4.78 is 1.48. The second-order valence-electron chi connectivity index (χ2n) is 6.14. The van der Waals surface area contributed by atoms with Crippen molar-refractivity contribution in [3.8, 4) is 0 Å². The third-order valence-electron chi connectivity index (χ3n) is 4.15. The predicted octanol–water partition coefficient (Wildman–Crippen LogP) is 1.96. The molecule has 2 atom stereocenters. The number of carbonyl (C=O) groups excluding carboxylic acids is 1. The summed E-state index contributed by atoms with van der Waals surface area (Å²) in [6.45, 7) is 3.81. The van der Waals surface area contributed by atoms with Crippen LogP contribution >= 0.6 is 12.4 Å². The number of rotatable bonds is 2. The van der Waals surface area contributed by atoms with Crippen LogP contribution in [0.15, 0.2) is 17.1 Å². The average molecular weight is 314 g/mol. The Hall–Kier alpha value is -1.33. The van der Waals surface area contributed by atoms with Crippen molar-refractivity contribution in [3.05, 3.63) is 28.2 Å². The third kappa shape index (κ3) is 3.86.